The summed E-state index contributed by atoms with van der Waals surface area (Å²) in [5, 5.41) is 0.941. The van der Waals surface area contributed by atoms with Gasteiger partial charge in [-0.15, -0.1) is 0 Å². The summed E-state index contributed by atoms with van der Waals surface area (Å²) in [5.74, 6) is 0.0535. The summed E-state index contributed by atoms with van der Waals surface area (Å²) in [7, 11) is 3.82. The number of Topliss-reactive ketones (excluding diaryl/α,β-unsaturated/α-hetero) is 1. The molecule has 1 aliphatic heterocycles. The van der Waals surface area contributed by atoms with Crippen LogP contribution in [0.1, 0.15) is 10.4 Å². The first-order chi connectivity index (χ1) is 14.6. The molecule has 3 aromatic rings. The van der Waals surface area contributed by atoms with Crippen LogP contribution in [0.2, 0.25) is 0 Å². The molecule has 1 fully saturated rings. The van der Waals surface area contributed by atoms with Crippen LogP contribution >= 0.6 is 0 Å². The number of amides is 1. The minimum Gasteiger partial charge on any atom is -0.378 e. The molecule has 1 aliphatic rings. The Labute approximate surface area is 176 Å². The maximum Gasteiger partial charge on any atom is 0.236 e. The second-order valence-corrected chi connectivity index (χ2v) is 7.75. The first-order valence-corrected chi connectivity index (χ1v) is 10.3. The number of aryl methyl sites for hydroxylation is 1. The molecule has 0 aliphatic carbocycles. The average molecular weight is 405 g/mol. The lowest BCUT2D eigenvalue weighted by molar-refractivity contribution is -0.136. The molecule has 6 heteroatoms. The third-order valence-corrected chi connectivity index (χ3v) is 5.62. The van der Waals surface area contributed by atoms with Crippen LogP contribution in [0.15, 0.2) is 54.6 Å². The number of fused-ring (bicyclic) bond motifs is 1. The highest BCUT2D eigenvalue weighted by Gasteiger charge is 2.24. The van der Waals surface area contributed by atoms with Crippen LogP contribution in [0.5, 0.6) is 0 Å². The summed E-state index contributed by atoms with van der Waals surface area (Å²) in [6.45, 7) is 2.78. The highest BCUT2D eigenvalue weighted by Crippen LogP contribution is 2.33. The molecule has 4 rings (SSSR count). The Balaban J connectivity index is 1.60. The maximum absolute atomic E-state index is 13.4. The summed E-state index contributed by atoms with van der Waals surface area (Å²) in [6.07, 6.45) is 0. The minimum absolute atomic E-state index is 0.0166. The zero-order valence-electron chi connectivity index (χ0n) is 17.5. The van der Waals surface area contributed by atoms with Gasteiger partial charge in [0.2, 0.25) is 5.91 Å². The van der Waals surface area contributed by atoms with Crippen LogP contribution in [0.4, 0.5) is 0 Å². The summed E-state index contributed by atoms with van der Waals surface area (Å²) in [5.41, 5.74) is 3.65. The average Bonchev–Trinajstić information content (AvgIpc) is 3.07. The van der Waals surface area contributed by atoms with E-state index < -0.39 is 0 Å². The van der Waals surface area contributed by atoms with Crippen LogP contribution in [-0.4, -0.2) is 72.5 Å². The Morgan fingerprint density at radius 2 is 1.63 bits per heavy atom. The quantitative estimate of drug-likeness (QED) is 0.592. The molecular weight excluding hydrogens is 378 g/mol. The largest absolute Gasteiger partial charge is 0.378 e. The van der Waals surface area contributed by atoms with E-state index in [0.717, 1.165) is 22.2 Å². The van der Waals surface area contributed by atoms with Crippen molar-refractivity contribution < 1.29 is 14.3 Å². The number of benzene rings is 2. The van der Waals surface area contributed by atoms with Gasteiger partial charge in [0, 0.05) is 31.0 Å². The third-order valence-electron chi connectivity index (χ3n) is 5.62. The number of likely N-dealkylation sites (N-methyl/N-ethyl adjacent to an activating group) is 1. The number of nitrogens with zero attached hydrogens (tertiary/aromatic N) is 3. The SMILES string of the molecule is CN(CC(=O)c1c(-c2ccccc2)n(C)c2ccccc12)CC(=O)N1CCOCC1. The molecule has 0 unspecified atom stereocenters. The summed E-state index contributed by atoms with van der Waals surface area (Å²) >= 11 is 0. The van der Waals surface area contributed by atoms with Gasteiger partial charge in [-0.25, -0.2) is 0 Å². The number of ketones is 1. The van der Waals surface area contributed by atoms with Gasteiger partial charge in [0.15, 0.2) is 5.78 Å². The van der Waals surface area contributed by atoms with E-state index in [4.69, 9.17) is 4.74 Å². The standard InChI is InChI=1S/C24H27N3O3/c1-25(17-22(29)27-12-14-30-15-13-27)16-21(28)23-19-10-6-7-11-20(19)26(2)24(23)18-8-4-3-5-9-18/h3-11H,12-17H2,1-2H3. The maximum atomic E-state index is 13.4. The monoisotopic (exact) mass is 405 g/mol. The summed E-state index contributed by atoms with van der Waals surface area (Å²) in [6, 6.07) is 17.9. The Kier molecular flexibility index (Phi) is 5.97. The van der Waals surface area contributed by atoms with Crippen molar-refractivity contribution in [2.45, 2.75) is 0 Å². The van der Waals surface area contributed by atoms with Gasteiger partial charge in [-0.05, 0) is 18.7 Å². The molecule has 0 bridgehead atoms. The summed E-state index contributed by atoms with van der Waals surface area (Å²) in [4.78, 5) is 29.6. The van der Waals surface area contributed by atoms with Crippen LogP contribution in [0.3, 0.4) is 0 Å². The predicted octanol–water partition coefficient (Wildman–Crippen LogP) is 2.82. The first-order valence-electron chi connectivity index (χ1n) is 10.3. The van der Waals surface area contributed by atoms with Crippen LogP contribution in [0, 0.1) is 0 Å². The predicted molar refractivity (Wildman–Crippen MR) is 118 cm³/mol. The highest BCUT2D eigenvalue weighted by atomic mass is 16.5. The number of morpholine rings is 1. The topological polar surface area (TPSA) is 54.8 Å². The van der Waals surface area contributed by atoms with Crippen molar-refractivity contribution in [1.82, 2.24) is 14.4 Å². The number of rotatable bonds is 6. The zero-order valence-corrected chi connectivity index (χ0v) is 17.5. The Morgan fingerprint density at radius 1 is 0.967 bits per heavy atom. The number of hydrogen-bond acceptors (Lipinski definition) is 4. The molecule has 30 heavy (non-hydrogen) atoms. The van der Waals surface area contributed by atoms with E-state index in [1.807, 2.05) is 68.7 Å². The molecule has 1 aromatic heterocycles. The molecule has 2 heterocycles. The molecule has 0 radical (unpaired) electrons. The lowest BCUT2D eigenvalue weighted by Gasteiger charge is -2.28. The fraction of sp³-hybridized carbons (Fsp3) is 0.333. The first kappa shape index (κ1) is 20.3. The molecule has 156 valence electrons. The minimum atomic E-state index is 0.0166. The van der Waals surface area contributed by atoms with Crippen molar-refractivity contribution in [2.24, 2.45) is 7.05 Å². The van der Waals surface area contributed by atoms with Gasteiger partial charge in [0.05, 0.1) is 37.6 Å². The summed E-state index contributed by atoms with van der Waals surface area (Å²) < 4.78 is 7.39. The van der Waals surface area contributed by atoms with E-state index >= 15 is 0 Å². The number of carbonyl (C=O) groups excluding carboxylic acids is 2. The molecule has 1 saturated heterocycles. The number of ether oxygens (including phenoxy) is 1. The van der Waals surface area contributed by atoms with Crippen LogP contribution in [0.25, 0.3) is 22.2 Å². The molecule has 0 spiro atoms. The Hall–Kier alpha value is -2.96. The van der Waals surface area contributed by atoms with E-state index in [0.29, 0.717) is 31.9 Å². The lowest BCUT2D eigenvalue weighted by Crippen LogP contribution is -2.45. The van der Waals surface area contributed by atoms with Gasteiger partial charge in [0.1, 0.15) is 0 Å². The van der Waals surface area contributed by atoms with E-state index in [2.05, 4.69) is 4.57 Å². The van der Waals surface area contributed by atoms with Gasteiger partial charge in [-0.2, -0.15) is 0 Å². The molecule has 1 amide bonds. The van der Waals surface area contributed by atoms with Gasteiger partial charge >= 0.3 is 0 Å². The second kappa shape index (κ2) is 8.81. The number of para-hydroxylation sites is 1. The Bertz CT molecular complexity index is 1050. The number of aromatic nitrogens is 1. The van der Waals surface area contributed by atoms with Crippen molar-refractivity contribution in [2.75, 3.05) is 46.4 Å². The highest BCUT2D eigenvalue weighted by molar-refractivity contribution is 6.14. The molecular formula is C24H27N3O3. The van der Waals surface area contributed by atoms with Crippen molar-refractivity contribution >= 4 is 22.6 Å². The Morgan fingerprint density at radius 3 is 2.37 bits per heavy atom. The fourth-order valence-electron chi connectivity index (χ4n) is 4.13. The number of carbonyl (C=O) groups is 2. The van der Waals surface area contributed by atoms with Crippen molar-refractivity contribution in [3.05, 3.63) is 60.2 Å². The van der Waals surface area contributed by atoms with E-state index in [-0.39, 0.29) is 24.8 Å². The molecule has 6 nitrogen and oxygen atoms in total. The molecule has 2 aromatic carbocycles. The second-order valence-electron chi connectivity index (χ2n) is 7.75. The number of hydrogen-bond donors (Lipinski definition) is 0. The van der Waals surface area contributed by atoms with E-state index in [1.165, 1.54) is 0 Å². The van der Waals surface area contributed by atoms with Gasteiger partial charge in [-0.1, -0.05) is 48.5 Å². The fourth-order valence-corrected chi connectivity index (χ4v) is 4.13. The zero-order chi connectivity index (χ0) is 21.1. The third kappa shape index (κ3) is 4.01. The molecule has 0 atom stereocenters. The van der Waals surface area contributed by atoms with Gasteiger partial charge in [-0.3, -0.25) is 14.5 Å². The smallest absolute Gasteiger partial charge is 0.236 e. The van der Waals surface area contributed by atoms with Gasteiger partial charge in [0.25, 0.3) is 0 Å². The van der Waals surface area contributed by atoms with Crippen molar-refractivity contribution in [3.8, 4) is 11.3 Å². The van der Waals surface area contributed by atoms with Crippen molar-refractivity contribution in [3.63, 3.8) is 0 Å². The van der Waals surface area contributed by atoms with E-state index in [9.17, 15) is 9.59 Å². The normalized spacial score (nSPS) is 14.4. The molecule has 0 saturated carbocycles. The van der Waals surface area contributed by atoms with Gasteiger partial charge < -0.3 is 14.2 Å². The van der Waals surface area contributed by atoms with Crippen molar-refractivity contribution in [1.29, 1.82) is 0 Å². The van der Waals surface area contributed by atoms with Crippen LogP contribution < -0.4 is 0 Å². The molecule has 0 N–H and O–H groups in total. The van der Waals surface area contributed by atoms with Crippen LogP contribution in [-0.2, 0) is 16.6 Å². The lowest BCUT2D eigenvalue weighted by atomic mass is 10.0. The van der Waals surface area contributed by atoms with E-state index in [1.54, 1.807) is 9.80 Å².